The second kappa shape index (κ2) is 4.69. The molecule has 4 heteroatoms. The highest BCUT2D eigenvalue weighted by molar-refractivity contribution is 5.90. The Bertz CT molecular complexity index is 456. The molecule has 2 unspecified atom stereocenters. The largest absolute Gasteiger partial charge is 0.364 e. The van der Waals surface area contributed by atoms with Crippen LogP contribution in [0.15, 0.2) is 12.3 Å². The molecule has 0 bridgehead atoms. The van der Waals surface area contributed by atoms with Crippen molar-refractivity contribution in [2.45, 2.75) is 45.1 Å². The summed E-state index contributed by atoms with van der Waals surface area (Å²) in [6.07, 6.45) is 4.65. The normalized spacial score (nSPS) is 26.8. The van der Waals surface area contributed by atoms with Crippen molar-refractivity contribution < 1.29 is 4.79 Å². The van der Waals surface area contributed by atoms with Crippen molar-refractivity contribution in [3.05, 3.63) is 29.6 Å². The first kappa shape index (κ1) is 13.0. The van der Waals surface area contributed by atoms with E-state index in [1.807, 2.05) is 6.07 Å². The van der Waals surface area contributed by atoms with E-state index in [9.17, 15) is 4.79 Å². The summed E-state index contributed by atoms with van der Waals surface area (Å²) in [4.78, 5) is 15.1. The first-order chi connectivity index (χ1) is 8.37. The molecule has 1 aromatic rings. The third kappa shape index (κ3) is 2.88. The molecule has 1 saturated carbocycles. The summed E-state index contributed by atoms with van der Waals surface area (Å²) in [5.41, 5.74) is 12.8. The highest BCUT2D eigenvalue weighted by Gasteiger charge is 2.33. The Labute approximate surface area is 108 Å². The van der Waals surface area contributed by atoms with Crippen molar-refractivity contribution in [1.82, 2.24) is 4.98 Å². The van der Waals surface area contributed by atoms with E-state index in [0.29, 0.717) is 5.92 Å². The number of carbonyl (C=O) groups excluding carboxylic acids is 1. The molecule has 2 atom stereocenters. The average molecular weight is 246 g/mol. The van der Waals surface area contributed by atoms with Gasteiger partial charge < -0.3 is 11.5 Å². The molecule has 0 aromatic carbocycles. The Morgan fingerprint density at radius 3 is 2.83 bits per heavy atom. The fraction of sp³-hybridized carbons (Fsp3) is 0.571. The second-order valence-electron chi connectivity index (χ2n) is 6.00. The summed E-state index contributed by atoms with van der Waals surface area (Å²) in [7, 11) is 0. The maximum absolute atomic E-state index is 11.1. The maximum Gasteiger partial charge on any atom is 0.267 e. The molecule has 1 aliphatic carbocycles. The number of primary amides is 1. The number of pyridine rings is 1. The first-order valence-corrected chi connectivity index (χ1v) is 6.31. The smallest absolute Gasteiger partial charge is 0.267 e. The summed E-state index contributed by atoms with van der Waals surface area (Å²) < 4.78 is 0. The van der Waals surface area contributed by atoms with E-state index in [0.717, 1.165) is 24.8 Å². The zero-order valence-electron chi connectivity index (χ0n) is 10.9. The summed E-state index contributed by atoms with van der Waals surface area (Å²) in [5.74, 6) is -0.193. The summed E-state index contributed by atoms with van der Waals surface area (Å²) >= 11 is 0. The Kier molecular flexibility index (Phi) is 3.39. The van der Waals surface area contributed by atoms with E-state index in [1.54, 1.807) is 6.20 Å². The molecule has 1 aromatic heterocycles. The minimum Gasteiger partial charge on any atom is -0.364 e. The molecule has 97 valence electrons. The molecule has 2 rings (SSSR count). The van der Waals surface area contributed by atoms with Crippen molar-refractivity contribution in [3.8, 4) is 0 Å². The van der Waals surface area contributed by atoms with E-state index < -0.39 is 5.91 Å². The zero-order valence-corrected chi connectivity index (χ0v) is 10.9. The first-order valence-electron chi connectivity index (χ1n) is 6.31. The molecule has 4 nitrogen and oxygen atoms in total. The van der Waals surface area contributed by atoms with Gasteiger partial charge in [0, 0.05) is 18.3 Å². The predicted molar refractivity (Wildman–Crippen MR) is 69.9 cm³/mol. The van der Waals surface area contributed by atoms with Gasteiger partial charge in [0.05, 0.1) is 0 Å². The van der Waals surface area contributed by atoms with Crippen molar-refractivity contribution >= 4 is 5.91 Å². The molecule has 0 aliphatic heterocycles. The fourth-order valence-electron chi connectivity index (χ4n) is 3.00. The van der Waals surface area contributed by atoms with Crippen LogP contribution < -0.4 is 11.5 Å². The van der Waals surface area contributed by atoms with Gasteiger partial charge in [0.2, 0.25) is 0 Å². The minimum atomic E-state index is -0.531. The number of rotatable bonds is 2. The lowest BCUT2D eigenvalue weighted by molar-refractivity contribution is 0.0995. The molecule has 0 saturated heterocycles. The number of hydrogen-bond acceptors (Lipinski definition) is 3. The Hall–Kier alpha value is -1.42. The summed E-state index contributed by atoms with van der Waals surface area (Å²) in [6, 6.07) is 5.14. The van der Waals surface area contributed by atoms with Crippen molar-refractivity contribution in [3.63, 3.8) is 0 Å². The third-order valence-electron chi connectivity index (χ3n) is 3.59. The van der Waals surface area contributed by atoms with Gasteiger partial charge >= 0.3 is 0 Å². The van der Waals surface area contributed by atoms with Crippen LogP contribution in [-0.2, 0) is 0 Å². The van der Waals surface area contributed by atoms with Gasteiger partial charge in [-0.3, -0.25) is 9.78 Å². The number of carbonyl (C=O) groups is 1. The molecule has 1 fully saturated rings. The summed E-state index contributed by atoms with van der Waals surface area (Å²) in [6.45, 7) is 4.46. The van der Waals surface area contributed by atoms with E-state index in [-0.39, 0.29) is 17.2 Å². The lowest BCUT2D eigenvalue weighted by Crippen LogP contribution is -2.36. The van der Waals surface area contributed by atoms with E-state index >= 15 is 0 Å². The zero-order chi connectivity index (χ0) is 13.3. The third-order valence-corrected chi connectivity index (χ3v) is 3.59. The molecule has 1 heterocycles. The van der Waals surface area contributed by atoms with Crippen LogP contribution in [-0.4, -0.2) is 16.9 Å². The number of aromatic nitrogens is 1. The SMILES string of the molecule is CC1(C)CC(N)CC(c2[c]c(C(N)=O)ncc2)C1. The van der Waals surface area contributed by atoms with E-state index in [4.69, 9.17) is 11.5 Å². The Balaban J connectivity index is 2.25. The quantitative estimate of drug-likeness (QED) is 0.831. The molecule has 1 radical (unpaired) electrons. The van der Waals surface area contributed by atoms with Gasteiger partial charge in [-0.25, -0.2) is 0 Å². The van der Waals surface area contributed by atoms with E-state index in [2.05, 4.69) is 24.9 Å². The minimum absolute atomic E-state index is 0.206. The maximum atomic E-state index is 11.1. The molecular weight excluding hydrogens is 226 g/mol. The number of nitrogens with zero attached hydrogens (tertiary/aromatic N) is 1. The van der Waals surface area contributed by atoms with Crippen molar-refractivity contribution in [1.29, 1.82) is 0 Å². The molecule has 18 heavy (non-hydrogen) atoms. The molecular formula is C14H20N3O. The predicted octanol–water partition coefficient (Wildman–Crippen LogP) is 1.60. The standard InChI is InChI=1S/C14H20N3O/c1-14(2)7-10(5-11(15)8-14)9-3-4-17-12(6-9)13(16)18/h3-4,10-11H,5,7-8,15H2,1-2H3,(H2,16,18). The van der Waals surface area contributed by atoms with Crippen LogP contribution in [0.1, 0.15) is 55.1 Å². The fourth-order valence-corrected chi connectivity index (χ4v) is 3.00. The lowest BCUT2D eigenvalue weighted by Gasteiger charge is -2.39. The van der Waals surface area contributed by atoms with Crippen molar-refractivity contribution in [2.75, 3.05) is 0 Å². The van der Waals surface area contributed by atoms with Crippen LogP contribution >= 0.6 is 0 Å². The van der Waals surface area contributed by atoms with Gasteiger partial charge in [-0.1, -0.05) is 13.8 Å². The van der Waals surface area contributed by atoms with Gasteiger partial charge in [0.15, 0.2) is 0 Å². The second-order valence-corrected chi connectivity index (χ2v) is 6.00. The van der Waals surface area contributed by atoms with Gasteiger partial charge in [-0.15, -0.1) is 0 Å². The summed E-state index contributed by atoms with van der Waals surface area (Å²) in [5, 5.41) is 0. The van der Waals surface area contributed by atoms with Gasteiger partial charge in [-0.05, 0) is 42.2 Å². The highest BCUT2D eigenvalue weighted by Crippen LogP contribution is 2.42. The molecule has 1 aliphatic rings. The molecule has 1 amide bonds. The molecule has 4 N–H and O–H groups in total. The highest BCUT2D eigenvalue weighted by atomic mass is 16.1. The topological polar surface area (TPSA) is 82.0 Å². The van der Waals surface area contributed by atoms with Crippen LogP contribution in [0.4, 0.5) is 0 Å². The van der Waals surface area contributed by atoms with Crippen LogP contribution in [0.5, 0.6) is 0 Å². The van der Waals surface area contributed by atoms with Gasteiger partial charge in [-0.2, -0.15) is 0 Å². The van der Waals surface area contributed by atoms with Crippen molar-refractivity contribution in [2.24, 2.45) is 16.9 Å². The Morgan fingerprint density at radius 2 is 2.22 bits per heavy atom. The van der Waals surface area contributed by atoms with Gasteiger partial charge in [0.1, 0.15) is 5.69 Å². The average Bonchev–Trinajstić information content (AvgIpc) is 2.26. The number of amides is 1. The van der Waals surface area contributed by atoms with Crippen LogP contribution in [0.25, 0.3) is 0 Å². The van der Waals surface area contributed by atoms with Crippen LogP contribution in [0.2, 0.25) is 0 Å². The van der Waals surface area contributed by atoms with Gasteiger partial charge in [0.25, 0.3) is 5.91 Å². The lowest BCUT2D eigenvalue weighted by atomic mass is 9.68. The number of hydrogen-bond donors (Lipinski definition) is 2. The van der Waals surface area contributed by atoms with Crippen LogP contribution in [0.3, 0.4) is 0 Å². The van der Waals surface area contributed by atoms with E-state index in [1.165, 1.54) is 0 Å². The monoisotopic (exact) mass is 246 g/mol. The molecule has 0 spiro atoms. The Morgan fingerprint density at radius 1 is 1.50 bits per heavy atom. The van der Waals surface area contributed by atoms with Crippen LogP contribution in [0, 0.1) is 11.5 Å². The number of nitrogens with two attached hydrogens (primary N) is 2.